The third-order valence-electron chi connectivity index (χ3n) is 19.4. The molecule has 11 N–H and O–H groups in total. The highest BCUT2D eigenvalue weighted by Gasteiger charge is 2.20. The molecule has 15 heterocycles. The number of imidazole rings is 4. The van der Waals surface area contributed by atoms with E-state index >= 15 is 0 Å². The number of hydrogen-bond donors (Lipinski definition) is 10. The zero-order chi connectivity index (χ0) is 86.4. The van der Waals surface area contributed by atoms with E-state index in [0.717, 1.165) is 182 Å². The number of pyridine rings is 3. The fourth-order valence-corrected chi connectivity index (χ4v) is 14.9. The molecule has 37 heteroatoms. The second kappa shape index (κ2) is 40.6. The minimum absolute atomic E-state index is 0. The standard InChI is InChI=1S/C23H22FN7.C23H20FN7.C18H17BrN6.C9H7Br2N3.C9H11N3.C5H5BFNO2.ClH/c2*1-14(2)21-12-27-23-22(26-8-7-19-17-5-3-4-6-18(17)29-30-19)28-20(13-31(21)23)15-9-16(24)11-25-10-15;1-11(2)15-9-21-18-17(22-16(19)10-25(15)18)20-8-7-14-12-5-3-4-6-13(12)23-24-14;1-5(2)6-3-12-9-8(11)13-7(10)4-14(6)9;10-6-5-9-7-3-1-2-4-8(7)11-12-9;7-5-1-4(6(9)10)2-8-3-5;/h3-6,9-14H,7-8H2,1-2H3,(H,26,28)(H,29,30);3-6,9-13H,1,7-8H2,2H3,(H,26,28)(H,29,30);3-6,9-10H,1,7-8H2,2H3,(H,20,22)(H,23,24);3-4H,1H2,2H3;1-4H,5-6,10H2,(H,11,12);1-3,9-10H;1H. The second-order valence-electron chi connectivity index (χ2n) is 28.6. The first-order chi connectivity index (χ1) is 59.5. The highest BCUT2D eigenvalue weighted by molar-refractivity contribution is 9.11. The van der Waals surface area contributed by atoms with Crippen LogP contribution in [-0.2, 0) is 25.7 Å². The van der Waals surface area contributed by atoms with Gasteiger partial charge in [-0.3, -0.25) is 52.9 Å². The first kappa shape index (κ1) is 88.6. The molecule has 29 nitrogen and oxygen atoms in total. The number of para-hydroxylation sites is 4. The lowest BCUT2D eigenvalue weighted by Crippen LogP contribution is -2.30. The first-order valence-corrected chi connectivity index (χ1v) is 41.2. The summed E-state index contributed by atoms with van der Waals surface area (Å²) in [5.74, 6) is 0.896. The van der Waals surface area contributed by atoms with Gasteiger partial charge < -0.3 is 31.7 Å². The molecule has 19 aromatic rings. The van der Waals surface area contributed by atoms with Crippen LogP contribution in [-0.4, -0.2) is 157 Å². The van der Waals surface area contributed by atoms with E-state index in [1.807, 2.05) is 148 Å². The molecule has 0 bridgehead atoms. The molecule has 0 aliphatic carbocycles. The number of nitrogens with zero attached hydrogens (tertiary/aromatic N) is 19. The summed E-state index contributed by atoms with van der Waals surface area (Å²) in [4.78, 5) is 47.3. The van der Waals surface area contributed by atoms with Gasteiger partial charge in [0.1, 0.15) is 26.7 Å². The van der Waals surface area contributed by atoms with E-state index in [1.165, 1.54) is 36.1 Å². The van der Waals surface area contributed by atoms with Crippen LogP contribution in [0, 0.1) is 17.5 Å². The Bertz CT molecular complexity index is 7000. The van der Waals surface area contributed by atoms with Crippen molar-refractivity contribution < 1.29 is 23.2 Å². The number of H-pyrrole nitrogens is 4. The summed E-state index contributed by atoms with van der Waals surface area (Å²) in [6.45, 7) is 24.6. The lowest BCUT2D eigenvalue weighted by molar-refractivity contribution is 0.425. The van der Waals surface area contributed by atoms with Crippen LogP contribution in [0.5, 0.6) is 0 Å². The molecule has 15 aromatic heterocycles. The normalized spacial score (nSPS) is 11.0. The summed E-state index contributed by atoms with van der Waals surface area (Å²) in [7, 11) is -1.65. The summed E-state index contributed by atoms with van der Waals surface area (Å²) < 4.78 is 49.9. The molecule has 0 unspecified atom stereocenters. The fraction of sp³-hybridized carbons (Fsp3) is 0.161. The van der Waals surface area contributed by atoms with Crippen molar-refractivity contribution in [2.75, 3.05) is 42.1 Å². The highest BCUT2D eigenvalue weighted by Crippen LogP contribution is 2.31. The van der Waals surface area contributed by atoms with Gasteiger partial charge in [0, 0.05) is 161 Å². The van der Waals surface area contributed by atoms with Crippen LogP contribution in [0.1, 0.15) is 86.1 Å². The largest absolute Gasteiger partial charge is 0.490 e. The molecule has 0 aliphatic rings. The Hall–Kier alpha value is -13.2. The molecule has 0 radical (unpaired) electrons. The van der Waals surface area contributed by atoms with E-state index in [0.29, 0.717) is 59.4 Å². The maximum absolute atomic E-state index is 13.8. The van der Waals surface area contributed by atoms with Gasteiger partial charge in [0.05, 0.1) is 87.7 Å². The number of rotatable bonds is 21. The van der Waals surface area contributed by atoms with Crippen molar-refractivity contribution in [1.29, 1.82) is 0 Å². The molecule has 0 saturated heterocycles. The lowest BCUT2D eigenvalue weighted by atomic mass is 9.82. The third-order valence-corrected chi connectivity index (χ3v) is 20.7. The molecular weight excluding hydrogens is 1800 g/mol. The predicted molar refractivity (Wildman–Crippen MR) is 495 cm³/mol. The van der Waals surface area contributed by atoms with E-state index in [-0.39, 0.29) is 23.8 Å². The summed E-state index contributed by atoms with van der Waals surface area (Å²) in [5, 5.41) is 61.2. The monoisotopic (exact) mass is 1880 g/mol. The molecule has 0 aliphatic heterocycles. The maximum Gasteiger partial charge on any atom is 0.490 e. The Kier molecular flexibility index (Phi) is 29.0. The van der Waals surface area contributed by atoms with Crippen molar-refractivity contribution in [3.05, 3.63) is 299 Å². The van der Waals surface area contributed by atoms with Gasteiger partial charge in [0.25, 0.3) is 0 Å². The third kappa shape index (κ3) is 20.9. The lowest BCUT2D eigenvalue weighted by Gasteiger charge is -2.12. The Balaban J connectivity index is 0.000000134. The summed E-state index contributed by atoms with van der Waals surface area (Å²) in [6.07, 6.45) is 25.6. The van der Waals surface area contributed by atoms with Crippen molar-refractivity contribution >= 4 is 173 Å². The van der Waals surface area contributed by atoms with Crippen LogP contribution in [0.4, 0.5) is 30.6 Å². The van der Waals surface area contributed by atoms with Crippen molar-refractivity contribution in [3.63, 3.8) is 0 Å². The van der Waals surface area contributed by atoms with Crippen LogP contribution in [0.15, 0.2) is 236 Å². The molecule has 0 spiro atoms. The SMILES string of the molecule is C=C(C)c1cnc2c(Br)nc(Br)cn12.C=C(C)c1cnc2c(NCCc3[nH]nc4ccccc34)nc(-c3cncc(F)c3)cn12.C=C(C)c1cnc2c(NCCc3[nH]nc4ccccc34)nc(Br)cn12.CC(C)c1cnc2c(NCCc3[nH]nc4ccccc34)nc(-c3cncc(F)c3)cn12.Cl.NCCc1[nH]nc2ccccc12.OB(O)c1cncc(F)c1. The van der Waals surface area contributed by atoms with Crippen LogP contribution >= 0.6 is 60.2 Å². The summed E-state index contributed by atoms with van der Waals surface area (Å²) in [6, 6.07) is 36.0. The zero-order valence-corrected chi connectivity index (χ0v) is 73.2. The predicted octanol–water partition coefficient (Wildman–Crippen LogP) is 16.8. The minimum Gasteiger partial charge on any atom is -0.423 e. The van der Waals surface area contributed by atoms with Gasteiger partial charge in [-0.15, -0.1) is 12.4 Å². The molecule has 630 valence electrons. The van der Waals surface area contributed by atoms with Crippen LogP contribution in [0.25, 0.3) is 105 Å². The van der Waals surface area contributed by atoms with Crippen molar-refractivity contribution in [2.45, 2.75) is 66.2 Å². The van der Waals surface area contributed by atoms with Gasteiger partial charge in [0.15, 0.2) is 44.6 Å². The van der Waals surface area contributed by atoms with Gasteiger partial charge >= 0.3 is 7.12 Å². The number of halogens is 7. The number of fused-ring (bicyclic) bond motifs is 8. The zero-order valence-electron chi connectivity index (χ0n) is 67.6. The van der Waals surface area contributed by atoms with E-state index in [1.54, 1.807) is 24.8 Å². The molecule has 0 fully saturated rings. The van der Waals surface area contributed by atoms with E-state index in [2.05, 4.69) is 207 Å². The number of nitrogens with one attached hydrogen (secondary N) is 7. The summed E-state index contributed by atoms with van der Waals surface area (Å²) >= 11 is 10.2. The number of aromatic nitrogens is 23. The number of anilines is 3. The molecule has 4 aromatic carbocycles. The molecule has 124 heavy (non-hydrogen) atoms. The van der Waals surface area contributed by atoms with Gasteiger partial charge in [-0.2, -0.15) is 20.4 Å². The Morgan fingerprint density at radius 1 is 0.444 bits per heavy atom. The number of hydrogen-bond acceptors (Lipinski definition) is 21. The van der Waals surface area contributed by atoms with Gasteiger partial charge in [-0.05, 0) is 140 Å². The van der Waals surface area contributed by atoms with Crippen molar-refractivity contribution in [3.8, 4) is 22.5 Å². The Labute approximate surface area is 739 Å². The number of nitrogens with two attached hydrogens (primary N) is 1. The second-order valence-corrected chi connectivity index (χ2v) is 31.0. The number of benzene rings is 4. The molecule has 0 atom stereocenters. The van der Waals surface area contributed by atoms with Gasteiger partial charge in [0.2, 0.25) is 0 Å². The summed E-state index contributed by atoms with van der Waals surface area (Å²) in [5.41, 5.74) is 25.9. The highest BCUT2D eigenvalue weighted by atomic mass is 79.9. The maximum atomic E-state index is 13.8. The van der Waals surface area contributed by atoms with E-state index in [4.69, 9.17) is 25.7 Å². The Morgan fingerprint density at radius 3 is 1.18 bits per heavy atom. The number of aromatic amines is 4. The average Bonchev–Trinajstić information content (AvgIpc) is 1.61. The fourth-order valence-electron chi connectivity index (χ4n) is 13.4. The molecule has 0 saturated carbocycles. The van der Waals surface area contributed by atoms with E-state index in [9.17, 15) is 13.2 Å². The molecule has 19 rings (SSSR count). The van der Waals surface area contributed by atoms with E-state index < -0.39 is 24.6 Å². The smallest absolute Gasteiger partial charge is 0.423 e. The van der Waals surface area contributed by atoms with Crippen LogP contribution in [0.3, 0.4) is 0 Å². The molecule has 0 amide bonds. The van der Waals surface area contributed by atoms with Gasteiger partial charge in [-0.1, -0.05) is 106 Å². The van der Waals surface area contributed by atoms with Crippen LogP contribution < -0.4 is 27.1 Å². The van der Waals surface area contributed by atoms with Crippen LogP contribution in [0.2, 0.25) is 0 Å². The van der Waals surface area contributed by atoms with Crippen molar-refractivity contribution in [1.82, 2.24) is 113 Å². The number of allylic oxidation sites excluding steroid dienone is 3. The first-order valence-electron chi connectivity index (χ1n) is 38.8. The Morgan fingerprint density at radius 2 is 0.790 bits per heavy atom. The van der Waals surface area contributed by atoms with Gasteiger partial charge in [-0.25, -0.2) is 53.0 Å². The topological polar surface area (TPSA) is 377 Å². The minimum atomic E-state index is -1.65. The average molecular weight is 1880 g/mol. The quantitative estimate of drug-likeness (QED) is 0.0299. The molecular formula is C87H83BBr3ClF3N27O2. The van der Waals surface area contributed by atoms with Crippen molar-refractivity contribution in [2.24, 2.45) is 5.73 Å².